The lowest BCUT2D eigenvalue weighted by Crippen LogP contribution is -2.34. The monoisotopic (exact) mass is 318 g/mol. The van der Waals surface area contributed by atoms with Crippen molar-refractivity contribution in [3.05, 3.63) is 23.8 Å². The van der Waals surface area contributed by atoms with Gasteiger partial charge in [-0.1, -0.05) is 0 Å². The number of benzene rings is 1. The van der Waals surface area contributed by atoms with E-state index in [1.54, 1.807) is 13.0 Å². The number of ether oxygens (including phenoxy) is 2. The van der Waals surface area contributed by atoms with Gasteiger partial charge < -0.3 is 19.7 Å². The van der Waals surface area contributed by atoms with Crippen LogP contribution in [0.2, 0.25) is 0 Å². The maximum absolute atomic E-state index is 12.5. The van der Waals surface area contributed by atoms with E-state index in [4.69, 9.17) is 9.47 Å². The third-order valence-corrected chi connectivity index (χ3v) is 4.14. The van der Waals surface area contributed by atoms with Gasteiger partial charge in [-0.05, 0) is 38.0 Å². The Hall–Kier alpha value is -2.24. The first-order valence-corrected chi connectivity index (χ1v) is 8.15. The Bertz CT molecular complexity index is 596. The van der Waals surface area contributed by atoms with Crippen molar-refractivity contribution in [1.29, 1.82) is 0 Å². The number of likely N-dealkylation sites (tertiary alicyclic amines) is 1. The molecule has 1 aromatic rings. The first-order valence-electron chi connectivity index (χ1n) is 8.15. The number of nitrogens with one attached hydrogen (secondary N) is 1. The fourth-order valence-electron chi connectivity index (χ4n) is 2.99. The molecule has 1 aromatic carbocycles. The number of nitrogens with zero attached hydrogens (tertiary/aromatic N) is 1. The second-order valence-corrected chi connectivity index (χ2v) is 5.87. The summed E-state index contributed by atoms with van der Waals surface area (Å²) in [5, 5.41) is 3.28. The summed E-state index contributed by atoms with van der Waals surface area (Å²) in [6.45, 7) is 4.22. The van der Waals surface area contributed by atoms with E-state index in [9.17, 15) is 9.59 Å². The van der Waals surface area contributed by atoms with Gasteiger partial charge in [0.1, 0.15) is 12.4 Å². The molecule has 124 valence electrons. The van der Waals surface area contributed by atoms with E-state index < -0.39 is 0 Å². The molecule has 6 nitrogen and oxygen atoms in total. The van der Waals surface area contributed by atoms with Crippen LogP contribution in [0.25, 0.3) is 0 Å². The van der Waals surface area contributed by atoms with Gasteiger partial charge in [0.2, 0.25) is 0 Å². The average Bonchev–Trinajstić information content (AvgIpc) is 3.08. The molecule has 1 fully saturated rings. The molecule has 1 saturated heterocycles. The fourth-order valence-corrected chi connectivity index (χ4v) is 2.99. The van der Waals surface area contributed by atoms with Crippen molar-refractivity contribution in [3.63, 3.8) is 0 Å². The molecule has 3 rings (SSSR count). The van der Waals surface area contributed by atoms with Crippen molar-refractivity contribution in [2.24, 2.45) is 0 Å². The molecule has 0 radical (unpaired) electrons. The molecule has 0 aromatic heterocycles. The van der Waals surface area contributed by atoms with E-state index in [0.29, 0.717) is 24.5 Å². The number of amides is 1. The van der Waals surface area contributed by atoms with Crippen molar-refractivity contribution in [1.82, 2.24) is 4.90 Å². The fraction of sp³-hybridized carbons (Fsp3) is 0.529. The maximum atomic E-state index is 12.5. The van der Waals surface area contributed by atoms with E-state index >= 15 is 0 Å². The zero-order valence-electron chi connectivity index (χ0n) is 13.3. The Balaban J connectivity index is 1.69. The Labute approximate surface area is 135 Å². The van der Waals surface area contributed by atoms with Crippen molar-refractivity contribution >= 4 is 17.6 Å². The van der Waals surface area contributed by atoms with Crippen LogP contribution < -0.4 is 10.1 Å². The predicted molar refractivity (Wildman–Crippen MR) is 85.7 cm³/mol. The van der Waals surface area contributed by atoms with Crippen LogP contribution in [0.1, 0.15) is 36.5 Å². The molecular weight excluding hydrogens is 296 g/mol. The minimum Gasteiger partial charge on any atom is -0.489 e. The number of fused-ring (bicyclic) bond motifs is 1. The molecular formula is C17H22N2O4. The summed E-state index contributed by atoms with van der Waals surface area (Å²) in [7, 11) is 0. The Morgan fingerprint density at radius 2 is 2.13 bits per heavy atom. The van der Waals surface area contributed by atoms with Crippen LogP contribution in [-0.4, -0.2) is 49.1 Å². The molecule has 2 aliphatic heterocycles. The molecule has 1 amide bonds. The van der Waals surface area contributed by atoms with E-state index in [-0.39, 0.29) is 24.3 Å². The van der Waals surface area contributed by atoms with Crippen LogP contribution in [0.5, 0.6) is 5.75 Å². The lowest BCUT2D eigenvalue weighted by atomic mass is 10.1. The van der Waals surface area contributed by atoms with E-state index in [0.717, 1.165) is 31.6 Å². The summed E-state index contributed by atoms with van der Waals surface area (Å²) >= 11 is 0. The third kappa shape index (κ3) is 3.57. The van der Waals surface area contributed by atoms with E-state index in [1.807, 2.05) is 17.0 Å². The lowest BCUT2D eigenvalue weighted by Gasteiger charge is -2.27. The standard InChI is InChI=1S/C17H22N2O4/c1-2-22-16(20)10-13-11-23-15-6-5-12(9-14(15)18-13)17(21)19-7-3-4-8-19/h5-6,9,13,18H,2-4,7-8,10-11H2,1H3. The SMILES string of the molecule is CCOC(=O)CC1COc2ccc(C(=O)N3CCCC3)cc2N1. The normalized spacial score (nSPS) is 19.5. The molecule has 2 heterocycles. The van der Waals surface area contributed by atoms with E-state index in [2.05, 4.69) is 5.32 Å². The number of rotatable bonds is 4. The number of carbonyl (C=O) groups is 2. The summed E-state index contributed by atoms with van der Waals surface area (Å²) in [4.78, 5) is 25.9. The average molecular weight is 318 g/mol. The smallest absolute Gasteiger partial charge is 0.307 e. The van der Waals surface area contributed by atoms with Gasteiger partial charge in [0.05, 0.1) is 24.8 Å². The zero-order valence-corrected chi connectivity index (χ0v) is 13.3. The van der Waals surface area contributed by atoms with Crippen LogP contribution in [0, 0.1) is 0 Å². The maximum Gasteiger partial charge on any atom is 0.307 e. The predicted octanol–water partition coefficient (Wildman–Crippen LogP) is 2.05. The van der Waals surface area contributed by atoms with Crippen LogP contribution in [0.3, 0.4) is 0 Å². The minimum absolute atomic E-state index is 0.0552. The minimum atomic E-state index is -0.249. The van der Waals surface area contributed by atoms with E-state index in [1.165, 1.54) is 0 Å². The quantitative estimate of drug-likeness (QED) is 0.861. The van der Waals surface area contributed by atoms with Gasteiger partial charge in [0, 0.05) is 18.7 Å². The van der Waals surface area contributed by atoms with Gasteiger partial charge in [0.25, 0.3) is 5.91 Å². The Morgan fingerprint density at radius 1 is 1.35 bits per heavy atom. The van der Waals surface area contributed by atoms with Gasteiger partial charge >= 0.3 is 5.97 Å². The molecule has 0 aliphatic carbocycles. The molecule has 1 unspecified atom stereocenters. The molecule has 6 heteroatoms. The van der Waals surface area contributed by atoms with Gasteiger partial charge in [-0.25, -0.2) is 0 Å². The second kappa shape index (κ2) is 6.89. The number of hydrogen-bond donors (Lipinski definition) is 1. The molecule has 2 aliphatic rings. The third-order valence-electron chi connectivity index (χ3n) is 4.14. The Kier molecular flexibility index (Phi) is 4.69. The second-order valence-electron chi connectivity index (χ2n) is 5.87. The van der Waals surface area contributed by atoms with Crippen LogP contribution in [0.15, 0.2) is 18.2 Å². The lowest BCUT2D eigenvalue weighted by molar-refractivity contribution is -0.143. The van der Waals surface area contributed by atoms with Crippen molar-refractivity contribution in [2.45, 2.75) is 32.2 Å². The Morgan fingerprint density at radius 3 is 2.87 bits per heavy atom. The highest BCUT2D eigenvalue weighted by Gasteiger charge is 2.25. The van der Waals surface area contributed by atoms with Gasteiger partial charge in [-0.3, -0.25) is 9.59 Å². The van der Waals surface area contributed by atoms with Crippen LogP contribution in [-0.2, 0) is 9.53 Å². The van der Waals surface area contributed by atoms with Crippen molar-refractivity contribution in [2.75, 3.05) is 31.6 Å². The van der Waals surface area contributed by atoms with Crippen LogP contribution in [0.4, 0.5) is 5.69 Å². The van der Waals surface area contributed by atoms with Gasteiger partial charge in [-0.15, -0.1) is 0 Å². The van der Waals surface area contributed by atoms with Gasteiger partial charge in [-0.2, -0.15) is 0 Å². The molecule has 1 atom stereocenters. The number of hydrogen-bond acceptors (Lipinski definition) is 5. The summed E-state index contributed by atoms with van der Waals surface area (Å²) in [5.41, 5.74) is 1.41. The summed E-state index contributed by atoms with van der Waals surface area (Å²) < 4.78 is 10.6. The first kappa shape index (κ1) is 15.6. The van der Waals surface area contributed by atoms with Crippen LogP contribution >= 0.6 is 0 Å². The van der Waals surface area contributed by atoms with Gasteiger partial charge in [0.15, 0.2) is 0 Å². The molecule has 1 N–H and O–H groups in total. The first-order chi connectivity index (χ1) is 11.2. The molecule has 0 saturated carbocycles. The zero-order chi connectivity index (χ0) is 16.2. The number of esters is 1. The molecule has 0 bridgehead atoms. The molecule has 0 spiro atoms. The highest BCUT2D eigenvalue weighted by atomic mass is 16.5. The highest BCUT2D eigenvalue weighted by molar-refractivity contribution is 5.96. The van der Waals surface area contributed by atoms with Crippen molar-refractivity contribution < 1.29 is 19.1 Å². The highest BCUT2D eigenvalue weighted by Crippen LogP contribution is 2.31. The topological polar surface area (TPSA) is 67.9 Å². The molecule has 23 heavy (non-hydrogen) atoms. The summed E-state index contributed by atoms with van der Waals surface area (Å²) in [6, 6.07) is 5.28. The number of carbonyl (C=O) groups excluding carboxylic acids is 2. The number of anilines is 1. The largest absolute Gasteiger partial charge is 0.489 e. The van der Waals surface area contributed by atoms with Crippen molar-refractivity contribution in [3.8, 4) is 5.75 Å². The summed E-state index contributed by atoms with van der Waals surface area (Å²) in [6.07, 6.45) is 2.39. The summed E-state index contributed by atoms with van der Waals surface area (Å²) in [5.74, 6) is 0.518.